The van der Waals surface area contributed by atoms with Crippen LogP contribution in [0.2, 0.25) is 0 Å². The van der Waals surface area contributed by atoms with Crippen LogP contribution in [0.1, 0.15) is 62.4 Å². The Hall–Kier alpha value is -4.29. The molecular formula is C31H33N5O4. The molecule has 1 saturated heterocycles. The first-order chi connectivity index (χ1) is 19.2. The molecule has 4 heterocycles. The van der Waals surface area contributed by atoms with Crippen molar-refractivity contribution in [2.75, 3.05) is 24.6 Å². The molecule has 0 unspecified atom stereocenters. The minimum absolute atomic E-state index is 0.0392. The molecule has 2 aliphatic rings. The summed E-state index contributed by atoms with van der Waals surface area (Å²) in [4.78, 5) is 11.2. The fourth-order valence-electron chi connectivity index (χ4n) is 6.48. The fourth-order valence-corrected chi connectivity index (χ4v) is 6.48. The first kappa shape index (κ1) is 26.0. The standard InChI is InChI=1S/C31H33N5O4/c1-5-35(6-2)29-33-19(3)17-24(34-29)39-16-15-31-14-13-30(4,40-31)25-26(31)28(38)36(27(25)37)23-12-11-20(18-32)21-9-7-8-10-22(21)23/h7-12,17,37-38H,5-6,13-16H2,1-4H3/t30-,31-/m1/s1. The molecule has 2 bridgehead atoms. The molecule has 206 valence electrons. The molecule has 2 atom stereocenters. The van der Waals surface area contributed by atoms with Crippen molar-refractivity contribution in [1.29, 1.82) is 5.26 Å². The number of benzene rings is 2. The largest absolute Gasteiger partial charge is 0.494 e. The number of aryl methyl sites for hydroxylation is 1. The highest BCUT2D eigenvalue weighted by Gasteiger charge is 2.61. The maximum Gasteiger partial charge on any atom is 0.228 e. The van der Waals surface area contributed by atoms with E-state index in [0.717, 1.165) is 29.6 Å². The van der Waals surface area contributed by atoms with Crippen LogP contribution >= 0.6 is 0 Å². The molecule has 2 N–H and O–H groups in total. The highest BCUT2D eigenvalue weighted by Crippen LogP contribution is 2.65. The number of nitrogens with zero attached hydrogens (tertiary/aromatic N) is 5. The van der Waals surface area contributed by atoms with Gasteiger partial charge in [-0.25, -0.2) is 4.98 Å². The molecular weight excluding hydrogens is 506 g/mol. The summed E-state index contributed by atoms with van der Waals surface area (Å²) in [6.45, 7) is 9.93. The Morgan fingerprint density at radius 2 is 1.77 bits per heavy atom. The smallest absolute Gasteiger partial charge is 0.228 e. The molecule has 6 rings (SSSR count). The molecule has 2 aromatic heterocycles. The summed E-state index contributed by atoms with van der Waals surface area (Å²) in [5.74, 6) is 1.05. The molecule has 0 aliphatic carbocycles. The van der Waals surface area contributed by atoms with E-state index in [0.29, 0.717) is 60.1 Å². The SMILES string of the molecule is CCN(CC)c1nc(C)cc(OCC[C@@]23CC[C@@](C)(O2)c2c3c(O)n(-c3ccc(C#N)c4ccccc34)c2O)n1. The lowest BCUT2D eigenvalue weighted by molar-refractivity contribution is -0.0877. The third-order valence-electron chi connectivity index (χ3n) is 8.42. The zero-order chi connectivity index (χ0) is 28.2. The van der Waals surface area contributed by atoms with E-state index in [1.165, 1.54) is 4.57 Å². The van der Waals surface area contributed by atoms with Gasteiger partial charge in [-0.3, -0.25) is 4.57 Å². The van der Waals surface area contributed by atoms with E-state index in [1.807, 2.05) is 44.2 Å². The van der Waals surface area contributed by atoms with Crippen LogP contribution in [0.4, 0.5) is 5.95 Å². The molecule has 4 aromatic rings. The first-order valence-corrected chi connectivity index (χ1v) is 13.8. The molecule has 2 aromatic carbocycles. The predicted octanol–water partition coefficient (Wildman–Crippen LogP) is 5.56. The topological polar surface area (TPSA) is 117 Å². The molecule has 9 heteroatoms. The van der Waals surface area contributed by atoms with E-state index in [9.17, 15) is 15.5 Å². The van der Waals surface area contributed by atoms with Crippen LogP contribution in [0.25, 0.3) is 16.5 Å². The van der Waals surface area contributed by atoms with Crippen LogP contribution in [0, 0.1) is 18.3 Å². The van der Waals surface area contributed by atoms with Crippen LogP contribution in [-0.4, -0.2) is 44.4 Å². The van der Waals surface area contributed by atoms with E-state index < -0.39 is 11.2 Å². The number of hydrogen-bond donors (Lipinski definition) is 2. The zero-order valence-electron chi connectivity index (χ0n) is 23.2. The van der Waals surface area contributed by atoms with E-state index in [-0.39, 0.29) is 11.8 Å². The van der Waals surface area contributed by atoms with Gasteiger partial charge in [-0.1, -0.05) is 24.3 Å². The van der Waals surface area contributed by atoms with Gasteiger partial charge in [0.25, 0.3) is 0 Å². The molecule has 0 radical (unpaired) electrons. The van der Waals surface area contributed by atoms with E-state index in [2.05, 4.69) is 34.8 Å². The van der Waals surface area contributed by atoms with Crippen molar-refractivity contribution in [3.63, 3.8) is 0 Å². The number of rotatable bonds is 8. The van der Waals surface area contributed by atoms with Gasteiger partial charge >= 0.3 is 0 Å². The highest BCUT2D eigenvalue weighted by molar-refractivity contribution is 5.95. The highest BCUT2D eigenvalue weighted by atomic mass is 16.5. The Kier molecular flexibility index (Phi) is 6.11. The van der Waals surface area contributed by atoms with Gasteiger partial charge in [0.1, 0.15) is 5.60 Å². The van der Waals surface area contributed by atoms with Gasteiger partial charge < -0.3 is 24.6 Å². The van der Waals surface area contributed by atoms with E-state index in [1.54, 1.807) is 12.1 Å². The van der Waals surface area contributed by atoms with Crippen molar-refractivity contribution in [3.8, 4) is 29.4 Å². The van der Waals surface area contributed by atoms with Crippen molar-refractivity contribution in [2.24, 2.45) is 0 Å². The number of nitriles is 1. The normalized spacial score (nSPS) is 21.0. The monoisotopic (exact) mass is 539 g/mol. The van der Waals surface area contributed by atoms with Crippen LogP contribution in [0.5, 0.6) is 17.6 Å². The first-order valence-electron chi connectivity index (χ1n) is 13.8. The maximum absolute atomic E-state index is 11.7. The summed E-state index contributed by atoms with van der Waals surface area (Å²) in [6, 6.07) is 15.0. The van der Waals surface area contributed by atoms with Gasteiger partial charge in [0.2, 0.25) is 23.6 Å². The number of aromatic nitrogens is 3. The fraction of sp³-hybridized carbons (Fsp3) is 0.387. The van der Waals surface area contributed by atoms with Gasteiger partial charge in [0.15, 0.2) is 0 Å². The number of fused-ring (bicyclic) bond motifs is 6. The summed E-state index contributed by atoms with van der Waals surface area (Å²) in [5, 5.41) is 34.3. The van der Waals surface area contributed by atoms with Crippen LogP contribution in [-0.2, 0) is 15.9 Å². The summed E-state index contributed by atoms with van der Waals surface area (Å²) >= 11 is 0. The minimum Gasteiger partial charge on any atom is -0.494 e. The molecule has 0 saturated carbocycles. The molecule has 2 aliphatic heterocycles. The number of hydrogen-bond acceptors (Lipinski definition) is 8. The molecule has 9 nitrogen and oxygen atoms in total. The summed E-state index contributed by atoms with van der Waals surface area (Å²) in [6.07, 6.45) is 1.88. The van der Waals surface area contributed by atoms with Gasteiger partial charge in [-0.15, -0.1) is 0 Å². The van der Waals surface area contributed by atoms with Crippen LogP contribution < -0.4 is 9.64 Å². The lowest BCUT2D eigenvalue weighted by atomic mass is 9.78. The third-order valence-corrected chi connectivity index (χ3v) is 8.42. The second-order valence-electron chi connectivity index (χ2n) is 10.8. The van der Waals surface area contributed by atoms with Crippen LogP contribution in [0.15, 0.2) is 42.5 Å². The Bertz CT molecular complexity index is 1670. The summed E-state index contributed by atoms with van der Waals surface area (Å²) in [7, 11) is 0. The second kappa shape index (κ2) is 9.42. The zero-order valence-corrected chi connectivity index (χ0v) is 23.2. The third kappa shape index (κ3) is 3.78. The lowest BCUT2D eigenvalue weighted by Gasteiger charge is -2.26. The van der Waals surface area contributed by atoms with Crippen molar-refractivity contribution in [1.82, 2.24) is 14.5 Å². The van der Waals surface area contributed by atoms with Crippen molar-refractivity contribution in [3.05, 3.63) is 64.8 Å². The Morgan fingerprint density at radius 3 is 2.50 bits per heavy atom. The quantitative estimate of drug-likeness (QED) is 0.299. The molecule has 1 fully saturated rings. The van der Waals surface area contributed by atoms with Crippen molar-refractivity contribution < 1.29 is 19.7 Å². The van der Waals surface area contributed by atoms with Gasteiger partial charge in [0.05, 0.1) is 40.7 Å². The minimum atomic E-state index is -0.803. The predicted molar refractivity (Wildman–Crippen MR) is 151 cm³/mol. The van der Waals surface area contributed by atoms with Crippen molar-refractivity contribution >= 4 is 16.7 Å². The van der Waals surface area contributed by atoms with Gasteiger partial charge in [-0.2, -0.15) is 10.2 Å². The number of anilines is 1. The lowest BCUT2D eigenvalue weighted by Crippen LogP contribution is -2.26. The Balaban J connectivity index is 1.36. The second-order valence-corrected chi connectivity index (χ2v) is 10.8. The van der Waals surface area contributed by atoms with Gasteiger partial charge in [0, 0.05) is 42.0 Å². The average Bonchev–Trinajstić information content (AvgIpc) is 3.52. The molecule has 0 amide bonds. The molecule has 0 spiro atoms. The van der Waals surface area contributed by atoms with Crippen LogP contribution in [0.3, 0.4) is 0 Å². The Morgan fingerprint density at radius 1 is 1.05 bits per heavy atom. The number of aromatic hydroxyl groups is 2. The van der Waals surface area contributed by atoms with E-state index >= 15 is 0 Å². The summed E-state index contributed by atoms with van der Waals surface area (Å²) in [5.41, 5.74) is 1.66. The average molecular weight is 540 g/mol. The summed E-state index contributed by atoms with van der Waals surface area (Å²) < 4.78 is 14.2. The molecule has 40 heavy (non-hydrogen) atoms. The number of ether oxygens (including phenoxy) is 2. The maximum atomic E-state index is 11.7. The van der Waals surface area contributed by atoms with Crippen molar-refractivity contribution in [2.45, 2.75) is 58.2 Å². The Labute approximate surface area is 233 Å². The van der Waals surface area contributed by atoms with Gasteiger partial charge in [-0.05, 0) is 52.7 Å². The van der Waals surface area contributed by atoms with E-state index in [4.69, 9.17) is 9.47 Å².